The number of anilines is 3. The van der Waals surface area contributed by atoms with Crippen molar-refractivity contribution in [1.82, 2.24) is 29.9 Å². The van der Waals surface area contributed by atoms with Crippen molar-refractivity contribution in [2.75, 3.05) is 16.0 Å². The average molecular weight is 467 g/mol. The van der Waals surface area contributed by atoms with Gasteiger partial charge in [-0.2, -0.15) is 0 Å². The molecule has 13 heteroatoms. The molecular formula is C21H25N9O4. The summed E-state index contributed by atoms with van der Waals surface area (Å²) in [6.45, 7) is 0. The van der Waals surface area contributed by atoms with Crippen LogP contribution in [0.1, 0.15) is 49.0 Å². The summed E-state index contributed by atoms with van der Waals surface area (Å²) >= 11 is 0. The van der Waals surface area contributed by atoms with Gasteiger partial charge in [-0.25, -0.2) is 24.3 Å². The first-order chi connectivity index (χ1) is 16.4. The zero-order chi connectivity index (χ0) is 23.7. The van der Waals surface area contributed by atoms with Gasteiger partial charge in [0, 0.05) is 30.3 Å². The third-order valence-corrected chi connectivity index (χ3v) is 5.94. The summed E-state index contributed by atoms with van der Waals surface area (Å²) in [7, 11) is 0. The Morgan fingerprint density at radius 1 is 0.912 bits per heavy atom. The van der Waals surface area contributed by atoms with Gasteiger partial charge in [-0.1, -0.05) is 0 Å². The van der Waals surface area contributed by atoms with Crippen LogP contribution in [-0.2, 0) is 0 Å². The summed E-state index contributed by atoms with van der Waals surface area (Å²) in [5, 5.41) is 35.1. The van der Waals surface area contributed by atoms with E-state index in [1.54, 1.807) is 0 Å². The molecule has 0 radical (unpaired) electrons. The van der Waals surface area contributed by atoms with Gasteiger partial charge in [0.25, 0.3) is 5.91 Å². The molecule has 2 fully saturated rings. The zero-order valence-electron chi connectivity index (χ0n) is 18.2. The molecule has 2 aliphatic carbocycles. The molecule has 2 saturated carbocycles. The fourth-order valence-electron chi connectivity index (χ4n) is 4.11. The second-order valence-corrected chi connectivity index (χ2v) is 8.60. The van der Waals surface area contributed by atoms with Gasteiger partial charge in [0.1, 0.15) is 18.0 Å². The molecule has 3 aromatic heterocycles. The molecule has 34 heavy (non-hydrogen) atoms. The Labute approximate surface area is 194 Å². The quantitative estimate of drug-likeness (QED) is 0.301. The number of carboxylic acid groups (broad SMARTS) is 1. The number of hydrogen-bond acceptors (Lipinski definition) is 9. The second kappa shape index (κ2) is 9.00. The van der Waals surface area contributed by atoms with E-state index in [0.717, 1.165) is 50.5 Å². The van der Waals surface area contributed by atoms with Crippen LogP contribution in [0.2, 0.25) is 0 Å². The summed E-state index contributed by atoms with van der Waals surface area (Å²) in [5.74, 6) is 0.0203. The molecule has 178 valence electrons. The number of aromatic hydroxyl groups is 1. The first kappa shape index (κ1) is 21.7. The van der Waals surface area contributed by atoms with Crippen LogP contribution in [0.25, 0.3) is 5.65 Å². The predicted octanol–water partition coefficient (Wildman–Crippen LogP) is 2.04. The van der Waals surface area contributed by atoms with Crippen molar-refractivity contribution in [2.24, 2.45) is 0 Å². The van der Waals surface area contributed by atoms with Crippen molar-refractivity contribution in [2.45, 2.75) is 56.7 Å². The minimum Gasteiger partial charge on any atom is -0.493 e. The molecule has 0 bridgehead atoms. The Balaban J connectivity index is 1.38. The summed E-state index contributed by atoms with van der Waals surface area (Å²) < 4.78 is 1.49. The molecule has 3 aromatic rings. The topological polar surface area (TPSA) is 179 Å². The molecule has 0 atom stereocenters. The van der Waals surface area contributed by atoms with Crippen LogP contribution in [-0.4, -0.2) is 64.9 Å². The Morgan fingerprint density at radius 3 is 2.32 bits per heavy atom. The minimum absolute atomic E-state index is 0.0386. The van der Waals surface area contributed by atoms with Gasteiger partial charge < -0.3 is 31.5 Å². The summed E-state index contributed by atoms with van der Waals surface area (Å²) in [4.78, 5) is 35.8. The zero-order valence-corrected chi connectivity index (χ0v) is 18.2. The molecule has 0 aliphatic heterocycles. The van der Waals surface area contributed by atoms with Gasteiger partial charge in [0.15, 0.2) is 11.3 Å². The van der Waals surface area contributed by atoms with E-state index in [2.05, 4.69) is 41.3 Å². The average Bonchev–Trinajstić information content (AvgIpc) is 3.50. The van der Waals surface area contributed by atoms with Gasteiger partial charge in [-0.05, 0) is 38.5 Å². The Hall–Kier alpha value is -4.16. The highest BCUT2D eigenvalue weighted by Gasteiger charge is 2.26. The molecule has 6 N–H and O–H groups in total. The fraction of sp³-hybridized carbons (Fsp3) is 0.429. The maximum absolute atomic E-state index is 12.9. The van der Waals surface area contributed by atoms with Gasteiger partial charge in [0.2, 0.25) is 5.88 Å². The largest absolute Gasteiger partial charge is 0.493 e. The van der Waals surface area contributed by atoms with E-state index in [-0.39, 0.29) is 29.5 Å². The van der Waals surface area contributed by atoms with Crippen molar-refractivity contribution in [3.63, 3.8) is 0 Å². The highest BCUT2D eigenvalue weighted by atomic mass is 16.4. The maximum Gasteiger partial charge on any atom is 0.404 e. The number of hydrogen-bond donors (Lipinski definition) is 6. The Kier molecular flexibility index (Phi) is 5.74. The first-order valence-electron chi connectivity index (χ1n) is 11.2. The van der Waals surface area contributed by atoms with Crippen molar-refractivity contribution in [3.05, 3.63) is 30.4 Å². The van der Waals surface area contributed by atoms with Gasteiger partial charge in [-0.3, -0.25) is 4.79 Å². The molecule has 3 heterocycles. The minimum atomic E-state index is -0.998. The molecule has 0 aromatic carbocycles. The maximum atomic E-state index is 12.9. The molecule has 0 spiro atoms. The van der Waals surface area contributed by atoms with E-state index < -0.39 is 12.0 Å². The molecule has 2 aliphatic rings. The van der Waals surface area contributed by atoms with Gasteiger partial charge in [0.05, 0.1) is 11.9 Å². The van der Waals surface area contributed by atoms with Crippen LogP contribution in [0.5, 0.6) is 5.88 Å². The first-order valence-corrected chi connectivity index (χ1v) is 11.2. The lowest BCUT2D eigenvalue weighted by Gasteiger charge is -2.29. The van der Waals surface area contributed by atoms with Crippen LogP contribution < -0.4 is 21.3 Å². The molecule has 0 unspecified atom stereocenters. The van der Waals surface area contributed by atoms with E-state index in [1.165, 1.54) is 16.8 Å². The van der Waals surface area contributed by atoms with E-state index in [1.807, 2.05) is 6.07 Å². The number of fused-ring (bicyclic) bond motifs is 1. The molecule has 2 amide bonds. The number of amides is 2. The van der Waals surface area contributed by atoms with Gasteiger partial charge in [-0.15, -0.1) is 5.10 Å². The number of imidazole rings is 1. The third kappa shape index (κ3) is 4.92. The van der Waals surface area contributed by atoms with Crippen molar-refractivity contribution in [1.29, 1.82) is 0 Å². The van der Waals surface area contributed by atoms with E-state index in [9.17, 15) is 14.7 Å². The van der Waals surface area contributed by atoms with E-state index in [0.29, 0.717) is 17.5 Å². The highest BCUT2D eigenvalue weighted by Crippen LogP contribution is 2.30. The van der Waals surface area contributed by atoms with Crippen molar-refractivity contribution >= 4 is 35.0 Å². The second-order valence-electron chi connectivity index (χ2n) is 8.60. The van der Waals surface area contributed by atoms with Gasteiger partial charge >= 0.3 is 6.09 Å². The number of aromatic nitrogens is 5. The monoisotopic (exact) mass is 467 g/mol. The Bertz CT molecular complexity index is 1220. The lowest BCUT2D eigenvalue weighted by atomic mass is 9.91. The lowest BCUT2D eigenvalue weighted by molar-refractivity contribution is 0.102. The molecular weight excluding hydrogens is 442 g/mol. The molecule has 0 saturated heterocycles. The van der Waals surface area contributed by atoms with E-state index >= 15 is 0 Å². The number of carbonyl (C=O) groups excluding carboxylic acids is 1. The lowest BCUT2D eigenvalue weighted by Crippen LogP contribution is -2.39. The van der Waals surface area contributed by atoms with Crippen molar-refractivity contribution < 1.29 is 19.8 Å². The number of rotatable bonds is 7. The van der Waals surface area contributed by atoms with Crippen molar-refractivity contribution in [3.8, 4) is 5.88 Å². The highest BCUT2D eigenvalue weighted by molar-refractivity contribution is 6.03. The van der Waals surface area contributed by atoms with E-state index in [4.69, 9.17) is 5.11 Å². The SMILES string of the molecule is O=C(O)N[C@H]1CC[C@H](Nc2cc(NC3CC3)c3ncc(C(=O)Nc4cc(O)ncn4)n3n2)CC1. The summed E-state index contributed by atoms with van der Waals surface area (Å²) in [6, 6.07) is 3.61. The predicted molar refractivity (Wildman–Crippen MR) is 122 cm³/mol. The summed E-state index contributed by atoms with van der Waals surface area (Å²) in [6.07, 6.45) is 6.82. The standard InChI is InChI=1S/C21H25N9O4/c31-18-8-16(23-10-24-18)28-20(32)15-9-22-19-14(25-11-1-2-11)7-17(29-30(15)19)26-12-3-5-13(6-4-12)27-21(33)34/h7-13,25,27H,1-6H2,(H,26,29)(H,33,34)(H2,23,24,28,31,32)/t12-,13-. The Morgan fingerprint density at radius 2 is 1.62 bits per heavy atom. The van der Waals surface area contributed by atoms with Crippen LogP contribution in [0.3, 0.4) is 0 Å². The van der Waals surface area contributed by atoms with Crippen LogP contribution in [0, 0.1) is 0 Å². The number of nitrogens with zero attached hydrogens (tertiary/aromatic N) is 5. The summed E-state index contributed by atoms with van der Waals surface area (Å²) in [5.41, 5.74) is 1.52. The van der Waals surface area contributed by atoms with Crippen LogP contribution >= 0.6 is 0 Å². The molecule has 5 rings (SSSR count). The van der Waals surface area contributed by atoms with Crippen LogP contribution in [0.15, 0.2) is 24.7 Å². The molecule has 13 nitrogen and oxygen atoms in total. The number of nitrogens with one attached hydrogen (secondary N) is 4. The number of carbonyl (C=O) groups is 2. The normalized spacial score (nSPS) is 20.0. The smallest absolute Gasteiger partial charge is 0.404 e. The van der Waals surface area contributed by atoms with Crippen LogP contribution in [0.4, 0.5) is 22.1 Å². The third-order valence-electron chi connectivity index (χ3n) is 5.94. The fourth-order valence-corrected chi connectivity index (χ4v) is 4.11.